The molecule has 1 heterocycles. The maximum absolute atomic E-state index is 12.6. The molecule has 1 aliphatic heterocycles. The second kappa shape index (κ2) is 9.50. The first-order valence-electron chi connectivity index (χ1n) is 8.67. The van der Waals surface area contributed by atoms with Crippen molar-refractivity contribution in [2.45, 2.75) is 33.1 Å². The molecule has 0 fully saturated rings. The third-order valence-electron chi connectivity index (χ3n) is 3.92. The zero-order chi connectivity index (χ0) is 19.1. The summed E-state index contributed by atoms with van der Waals surface area (Å²) in [6.07, 6.45) is 2.63. The molecule has 3 amide bonds. The van der Waals surface area contributed by atoms with E-state index in [0.29, 0.717) is 30.9 Å². The lowest BCUT2D eigenvalue weighted by Gasteiger charge is -2.14. The lowest BCUT2D eigenvalue weighted by Crippen LogP contribution is -2.32. The molecule has 1 aromatic rings. The number of ether oxygens (including phenoxy) is 1. The highest BCUT2D eigenvalue weighted by Gasteiger charge is 2.37. The van der Waals surface area contributed by atoms with Crippen molar-refractivity contribution < 1.29 is 19.1 Å². The van der Waals surface area contributed by atoms with Crippen LogP contribution in [0.15, 0.2) is 29.3 Å². The van der Waals surface area contributed by atoms with E-state index in [-0.39, 0.29) is 23.1 Å². The van der Waals surface area contributed by atoms with E-state index in [9.17, 15) is 14.4 Å². The number of nitrogens with one attached hydrogen (secondary N) is 1. The van der Waals surface area contributed by atoms with Crippen LogP contribution >= 0.6 is 11.6 Å². The molecule has 0 aromatic heterocycles. The summed E-state index contributed by atoms with van der Waals surface area (Å²) in [6, 6.07) is 6.64. The van der Waals surface area contributed by atoms with Crippen LogP contribution in [0.1, 0.15) is 38.7 Å². The van der Waals surface area contributed by atoms with Gasteiger partial charge >= 0.3 is 0 Å². The summed E-state index contributed by atoms with van der Waals surface area (Å²) in [6.45, 7) is 4.95. The van der Waals surface area contributed by atoms with E-state index in [1.807, 2.05) is 0 Å². The SMILES string of the molecule is CCCCOCCCN1C(=O)C(Cl)=C(c2ccc(NC(C)=O)cc2)C1=O. The molecule has 6 nitrogen and oxygen atoms in total. The van der Waals surface area contributed by atoms with Crippen LogP contribution in [0.2, 0.25) is 0 Å². The summed E-state index contributed by atoms with van der Waals surface area (Å²) in [5, 5.41) is 2.57. The normalized spacial score (nSPS) is 14.3. The van der Waals surface area contributed by atoms with Crippen LogP contribution in [0.5, 0.6) is 0 Å². The Kier molecular flexibility index (Phi) is 7.36. The van der Waals surface area contributed by atoms with Crippen LogP contribution in [0.3, 0.4) is 0 Å². The zero-order valence-electron chi connectivity index (χ0n) is 15.0. The quantitative estimate of drug-likeness (QED) is 0.529. The summed E-state index contributed by atoms with van der Waals surface area (Å²) in [7, 11) is 0. The lowest BCUT2D eigenvalue weighted by molar-refractivity contribution is -0.136. The number of halogens is 1. The van der Waals surface area contributed by atoms with Gasteiger partial charge in [0.1, 0.15) is 5.03 Å². The number of rotatable bonds is 9. The van der Waals surface area contributed by atoms with Crippen LogP contribution in [0.25, 0.3) is 5.57 Å². The molecule has 26 heavy (non-hydrogen) atoms. The lowest BCUT2D eigenvalue weighted by atomic mass is 10.1. The highest BCUT2D eigenvalue weighted by atomic mass is 35.5. The van der Waals surface area contributed by atoms with Crippen molar-refractivity contribution in [1.29, 1.82) is 0 Å². The van der Waals surface area contributed by atoms with Crippen LogP contribution in [-0.4, -0.2) is 42.4 Å². The van der Waals surface area contributed by atoms with Crippen LogP contribution in [-0.2, 0) is 19.1 Å². The number of benzene rings is 1. The predicted octanol–water partition coefficient (Wildman–Crippen LogP) is 3.17. The van der Waals surface area contributed by atoms with E-state index in [2.05, 4.69) is 12.2 Å². The molecule has 0 saturated carbocycles. The van der Waals surface area contributed by atoms with Crippen molar-refractivity contribution in [3.05, 3.63) is 34.9 Å². The van der Waals surface area contributed by atoms with Crippen LogP contribution < -0.4 is 5.32 Å². The van der Waals surface area contributed by atoms with Gasteiger partial charge in [0.2, 0.25) is 5.91 Å². The standard InChI is InChI=1S/C19H23ClN2O4/c1-3-4-11-26-12-5-10-22-18(24)16(17(20)19(22)25)14-6-8-15(9-7-14)21-13(2)23/h6-9H,3-5,10-12H2,1-2H3,(H,21,23). The third kappa shape index (κ3) is 4.93. The van der Waals surface area contributed by atoms with Crippen LogP contribution in [0.4, 0.5) is 5.69 Å². The molecule has 1 aromatic carbocycles. The molecule has 0 saturated heterocycles. The van der Waals surface area contributed by atoms with Gasteiger partial charge in [0, 0.05) is 32.4 Å². The Morgan fingerprint density at radius 1 is 1.12 bits per heavy atom. The smallest absolute Gasteiger partial charge is 0.273 e. The Bertz CT molecular complexity index is 713. The number of carbonyl (C=O) groups excluding carboxylic acids is 3. The summed E-state index contributed by atoms with van der Waals surface area (Å²) in [4.78, 5) is 37.1. The maximum atomic E-state index is 12.6. The average molecular weight is 379 g/mol. The van der Waals surface area contributed by atoms with E-state index in [1.54, 1.807) is 24.3 Å². The molecule has 0 unspecified atom stereocenters. The maximum Gasteiger partial charge on any atom is 0.273 e. The predicted molar refractivity (Wildman–Crippen MR) is 101 cm³/mol. The Morgan fingerprint density at radius 3 is 2.38 bits per heavy atom. The van der Waals surface area contributed by atoms with E-state index in [4.69, 9.17) is 16.3 Å². The molecule has 2 rings (SSSR count). The Labute approximate surface area is 158 Å². The zero-order valence-corrected chi connectivity index (χ0v) is 15.8. The third-order valence-corrected chi connectivity index (χ3v) is 4.27. The highest BCUT2D eigenvalue weighted by Crippen LogP contribution is 2.32. The summed E-state index contributed by atoms with van der Waals surface area (Å²) in [5.41, 5.74) is 1.35. The number of anilines is 1. The van der Waals surface area contributed by atoms with Gasteiger partial charge in [-0.3, -0.25) is 19.3 Å². The second-order valence-electron chi connectivity index (χ2n) is 6.03. The molecule has 140 valence electrons. The fourth-order valence-electron chi connectivity index (χ4n) is 2.60. The molecule has 1 N–H and O–H groups in total. The van der Waals surface area contributed by atoms with Gasteiger partial charge in [0.25, 0.3) is 11.8 Å². The molecular weight excluding hydrogens is 356 g/mol. The Balaban J connectivity index is 2.00. The molecule has 7 heteroatoms. The largest absolute Gasteiger partial charge is 0.381 e. The van der Waals surface area contributed by atoms with Gasteiger partial charge in [-0.1, -0.05) is 37.1 Å². The molecule has 0 radical (unpaired) electrons. The summed E-state index contributed by atoms with van der Waals surface area (Å²) >= 11 is 6.12. The first-order chi connectivity index (χ1) is 12.5. The first kappa shape index (κ1) is 20.1. The summed E-state index contributed by atoms with van der Waals surface area (Å²) < 4.78 is 5.46. The number of nitrogens with zero attached hydrogens (tertiary/aromatic N) is 1. The molecular formula is C19H23ClN2O4. The fourth-order valence-corrected chi connectivity index (χ4v) is 2.89. The molecule has 0 aliphatic carbocycles. The van der Waals surface area contributed by atoms with Crippen LogP contribution in [0, 0.1) is 0 Å². The van der Waals surface area contributed by atoms with Crippen molar-refractivity contribution in [1.82, 2.24) is 4.90 Å². The number of hydrogen-bond acceptors (Lipinski definition) is 4. The monoisotopic (exact) mass is 378 g/mol. The van der Waals surface area contributed by atoms with Crippen molar-refractivity contribution >= 4 is 40.6 Å². The topological polar surface area (TPSA) is 75.7 Å². The van der Waals surface area contributed by atoms with Crippen molar-refractivity contribution in [2.75, 3.05) is 25.1 Å². The Hall–Kier alpha value is -2.18. The molecule has 0 spiro atoms. The number of carbonyl (C=O) groups is 3. The minimum Gasteiger partial charge on any atom is -0.381 e. The number of amides is 3. The van der Waals surface area contributed by atoms with Gasteiger partial charge in [0.05, 0.1) is 5.57 Å². The minimum absolute atomic E-state index is 0.0748. The van der Waals surface area contributed by atoms with Crippen molar-refractivity contribution in [3.63, 3.8) is 0 Å². The molecule has 0 atom stereocenters. The molecule has 0 bridgehead atoms. The van der Waals surface area contributed by atoms with E-state index in [0.717, 1.165) is 17.7 Å². The number of hydrogen-bond donors (Lipinski definition) is 1. The Morgan fingerprint density at radius 2 is 1.77 bits per heavy atom. The van der Waals surface area contributed by atoms with Gasteiger partial charge in [-0.05, 0) is 30.5 Å². The minimum atomic E-state index is -0.480. The molecule has 1 aliphatic rings. The number of unbranched alkanes of at least 4 members (excludes halogenated alkanes) is 1. The van der Waals surface area contributed by atoms with Gasteiger partial charge in [-0.15, -0.1) is 0 Å². The fraction of sp³-hybridized carbons (Fsp3) is 0.421. The van der Waals surface area contributed by atoms with E-state index in [1.165, 1.54) is 6.92 Å². The second-order valence-corrected chi connectivity index (χ2v) is 6.41. The highest BCUT2D eigenvalue weighted by molar-refractivity contribution is 6.55. The van der Waals surface area contributed by atoms with E-state index < -0.39 is 11.8 Å². The van der Waals surface area contributed by atoms with Gasteiger partial charge < -0.3 is 10.1 Å². The van der Waals surface area contributed by atoms with Gasteiger partial charge in [-0.2, -0.15) is 0 Å². The average Bonchev–Trinajstić information content (AvgIpc) is 2.81. The van der Waals surface area contributed by atoms with Gasteiger partial charge in [0.15, 0.2) is 0 Å². The first-order valence-corrected chi connectivity index (χ1v) is 9.05. The van der Waals surface area contributed by atoms with Crippen molar-refractivity contribution in [3.8, 4) is 0 Å². The van der Waals surface area contributed by atoms with Gasteiger partial charge in [-0.25, -0.2) is 0 Å². The number of imide groups is 1. The van der Waals surface area contributed by atoms with E-state index >= 15 is 0 Å². The summed E-state index contributed by atoms with van der Waals surface area (Å²) in [5.74, 6) is -1.07. The van der Waals surface area contributed by atoms with Crippen molar-refractivity contribution in [2.24, 2.45) is 0 Å².